The zero-order valence-electron chi connectivity index (χ0n) is 15.1. The Morgan fingerprint density at radius 2 is 2.14 bits per heavy atom. The number of rotatable bonds is 5. The smallest absolute Gasteiger partial charge is 0.350 e. The molecule has 0 aliphatic carbocycles. The van der Waals surface area contributed by atoms with E-state index in [1.807, 2.05) is 31.2 Å². The molecule has 0 amide bonds. The number of aromatic nitrogens is 4. The van der Waals surface area contributed by atoms with Crippen LogP contribution in [-0.4, -0.2) is 32.7 Å². The van der Waals surface area contributed by atoms with Crippen molar-refractivity contribution in [2.45, 2.75) is 13.5 Å². The highest BCUT2D eigenvalue weighted by molar-refractivity contribution is 5.67. The fourth-order valence-corrected chi connectivity index (χ4v) is 3.00. The van der Waals surface area contributed by atoms with Crippen LogP contribution in [0.1, 0.15) is 5.56 Å². The molecule has 4 rings (SSSR count). The first-order valence-electron chi connectivity index (χ1n) is 8.60. The van der Waals surface area contributed by atoms with Crippen LogP contribution in [0.4, 0.5) is 4.39 Å². The maximum absolute atomic E-state index is 12.7. The van der Waals surface area contributed by atoms with Gasteiger partial charge in [0.15, 0.2) is 11.5 Å². The van der Waals surface area contributed by atoms with Crippen molar-refractivity contribution in [2.75, 3.05) is 13.3 Å². The second kappa shape index (κ2) is 7.28. The van der Waals surface area contributed by atoms with E-state index in [9.17, 15) is 9.18 Å². The third-order valence-corrected chi connectivity index (χ3v) is 4.49. The molecule has 9 heteroatoms. The molecule has 1 aliphatic heterocycles. The molecule has 3 heterocycles. The van der Waals surface area contributed by atoms with Gasteiger partial charge in [-0.15, -0.1) is 0 Å². The molecule has 144 valence electrons. The Morgan fingerprint density at radius 1 is 1.32 bits per heavy atom. The average molecular weight is 383 g/mol. The maximum Gasteiger partial charge on any atom is 0.350 e. The lowest BCUT2D eigenvalue weighted by Gasteiger charge is -2.08. The van der Waals surface area contributed by atoms with E-state index in [1.165, 1.54) is 10.9 Å². The molecule has 0 saturated carbocycles. The lowest BCUT2D eigenvalue weighted by molar-refractivity contribution is 0.174. The first-order valence-corrected chi connectivity index (χ1v) is 8.60. The van der Waals surface area contributed by atoms with Crippen molar-refractivity contribution in [1.29, 1.82) is 0 Å². The first kappa shape index (κ1) is 17.9. The number of nitrogens with zero attached hydrogens (tertiary/aromatic N) is 4. The lowest BCUT2D eigenvalue weighted by Crippen LogP contribution is -2.26. The summed E-state index contributed by atoms with van der Waals surface area (Å²) in [5.74, 6) is 1.38. The van der Waals surface area contributed by atoms with E-state index >= 15 is 0 Å². The van der Waals surface area contributed by atoms with Gasteiger partial charge in [-0.3, -0.25) is 4.98 Å². The van der Waals surface area contributed by atoms with Gasteiger partial charge in [0, 0.05) is 12.1 Å². The molecular weight excluding hydrogens is 365 g/mol. The minimum absolute atomic E-state index is 0.000520. The fraction of sp³-hybridized carbons (Fsp3) is 0.211. The number of hydrogen-bond donors (Lipinski definition) is 1. The van der Waals surface area contributed by atoms with Crippen molar-refractivity contribution in [3.8, 4) is 28.4 Å². The van der Waals surface area contributed by atoms with Crippen LogP contribution in [0, 0.1) is 6.92 Å². The van der Waals surface area contributed by atoms with Crippen molar-refractivity contribution in [2.24, 2.45) is 5.73 Å². The van der Waals surface area contributed by atoms with Gasteiger partial charge in [-0.05, 0) is 42.3 Å². The molecule has 0 fully saturated rings. The number of aryl methyl sites for hydroxylation is 1. The van der Waals surface area contributed by atoms with Gasteiger partial charge in [0.1, 0.15) is 6.33 Å². The van der Waals surface area contributed by atoms with E-state index in [1.54, 1.807) is 6.20 Å². The van der Waals surface area contributed by atoms with E-state index < -0.39 is 5.69 Å². The molecule has 28 heavy (non-hydrogen) atoms. The van der Waals surface area contributed by atoms with Crippen molar-refractivity contribution in [3.63, 3.8) is 0 Å². The third kappa shape index (κ3) is 3.16. The Balaban J connectivity index is 1.65. The Kier molecular flexibility index (Phi) is 4.66. The van der Waals surface area contributed by atoms with Crippen molar-refractivity contribution in [3.05, 3.63) is 64.7 Å². The summed E-state index contributed by atoms with van der Waals surface area (Å²) in [5, 5.41) is 4.02. The Morgan fingerprint density at radius 3 is 2.89 bits per heavy atom. The summed E-state index contributed by atoms with van der Waals surface area (Å²) in [4.78, 5) is 17.1. The molecule has 0 bridgehead atoms. The van der Waals surface area contributed by atoms with Crippen LogP contribution in [0.3, 0.4) is 0 Å². The van der Waals surface area contributed by atoms with Crippen molar-refractivity contribution >= 4 is 0 Å². The van der Waals surface area contributed by atoms with Gasteiger partial charge >= 0.3 is 5.69 Å². The van der Waals surface area contributed by atoms with Crippen LogP contribution in [0.25, 0.3) is 16.9 Å². The number of hydrogen-bond acceptors (Lipinski definition) is 6. The predicted octanol–water partition coefficient (Wildman–Crippen LogP) is 1.95. The van der Waals surface area contributed by atoms with Crippen LogP contribution in [0.5, 0.6) is 11.5 Å². The van der Waals surface area contributed by atoms with Gasteiger partial charge in [-0.1, -0.05) is 0 Å². The highest BCUT2D eigenvalue weighted by atomic mass is 19.1. The molecule has 0 unspecified atom stereocenters. The van der Waals surface area contributed by atoms with E-state index in [2.05, 4.69) is 10.1 Å². The summed E-state index contributed by atoms with van der Waals surface area (Å²) < 4.78 is 26.0. The summed E-state index contributed by atoms with van der Waals surface area (Å²) in [5.41, 5.74) is 8.42. The SMILES string of the molecule is Cc1cc(-n2cnn(C/C(=C/F)CN)c2=O)cnc1-c1ccc2c(c1)OCO2. The van der Waals surface area contributed by atoms with E-state index in [0.29, 0.717) is 23.5 Å². The standard InChI is InChI=1S/C19H18FN5O3/c1-12-4-15(24-10-23-25(19(24)26)9-13(6-20)7-21)8-22-18(12)14-2-3-16-17(5-14)28-11-27-16/h2-6,8,10H,7,9,11,21H2,1H3/b13-6+. The quantitative estimate of drug-likeness (QED) is 0.723. The number of ether oxygens (including phenoxy) is 2. The van der Waals surface area contributed by atoms with Crippen molar-refractivity contribution < 1.29 is 13.9 Å². The molecule has 2 aromatic heterocycles. The molecule has 0 atom stereocenters. The minimum atomic E-state index is -0.398. The molecule has 3 aromatic rings. The maximum atomic E-state index is 12.7. The third-order valence-electron chi connectivity index (χ3n) is 4.49. The van der Waals surface area contributed by atoms with Gasteiger partial charge < -0.3 is 15.2 Å². The van der Waals surface area contributed by atoms with Gasteiger partial charge in [-0.25, -0.2) is 18.4 Å². The van der Waals surface area contributed by atoms with Crippen LogP contribution in [0.15, 0.2) is 53.5 Å². The average Bonchev–Trinajstić information content (AvgIpc) is 3.32. The van der Waals surface area contributed by atoms with Crippen LogP contribution in [-0.2, 0) is 6.54 Å². The second-order valence-electron chi connectivity index (χ2n) is 6.34. The summed E-state index contributed by atoms with van der Waals surface area (Å²) in [6.07, 6.45) is 3.37. The number of halogens is 1. The molecule has 0 saturated heterocycles. The molecular formula is C19H18FN5O3. The largest absolute Gasteiger partial charge is 0.454 e. The zero-order chi connectivity index (χ0) is 19.7. The Hall–Kier alpha value is -3.46. The molecule has 2 N–H and O–H groups in total. The van der Waals surface area contributed by atoms with Gasteiger partial charge in [-0.2, -0.15) is 5.10 Å². The predicted molar refractivity (Wildman–Crippen MR) is 100 cm³/mol. The van der Waals surface area contributed by atoms with Crippen molar-refractivity contribution in [1.82, 2.24) is 19.3 Å². The summed E-state index contributed by atoms with van der Waals surface area (Å²) in [6.45, 7) is 2.13. The van der Waals surface area contributed by atoms with Gasteiger partial charge in [0.2, 0.25) is 6.79 Å². The topological polar surface area (TPSA) is 97.2 Å². The van der Waals surface area contributed by atoms with Crippen LogP contribution in [0.2, 0.25) is 0 Å². The highest BCUT2D eigenvalue weighted by Gasteiger charge is 2.16. The van der Waals surface area contributed by atoms with Gasteiger partial charge in [0.25, 0.3) is 0 Å². The summed E-state index contributed by atoms with van der Waals surface area (Å²) >= 11 is 0. The molecule has 8 nitrogen and oxygen atoms in total. The first-order chi connectivity index (χ1) is 13.6. The fourth-order valence-electron chi connectivity index (χ4n) is 3.00. The Labute approximate surface area is 159 Å². The van der Waals surface area contributed by atoms with Crippen LogP contribution < -0.4 is 20.9 Å². The molecule has 1 aromatic carbocycles. The number of fused-ring (bicyclic) bond motifs is 1. The lowest BCUT2D eigenvalue weighted by atomic mass is 10.1. The molecule has 1 aliphatic rings. The number of pyridine rings is 1. The van der Waals surface area contributed by atoms with E-state index in [4.69, 9.17) is 15.2 Å². The minimum Gasteiger partial charge on any atom is -0.454 e. The molecule has 0 radical (unpaired) electrons. The summed E-state index contributed by atoms with van der Waals surface area (Å²) in [7, 11) is 0. The van der Waals surface area contributed by atoms with E-state index in [0.717, 1.165) is 21.5 Å². The summed E-state index contributed by atoms with van der Waals surface area (Å²) in [6, 6.07) is 7.47. The van der Waals surface area contributed by atoms with Gasteiger partial charge in [0.05, 0.1) is 30.5 Å². The number of benzene rings is 1. The number of nitrogens with two attached hydrogens (primary N) is 1. The van der Waals surface area contributed by atoms with E-state index in [-0.39, 0.29) is 25.5 Å². The zero-order valence-corrected chi connectivity index (χ0v) is 15.1. The monoisotopic (exact) mass is 383 g/mol. The second-order valence-corrected chi connectivity index (χ2v) is 6.34. The van der Waals surface area contributed by atoms with Crippen LogP contribution >= 0.6 is 0 Å². The molecule has 0 spiro atoms. The highest BCUT2D eigenvalue weighted by Crippen LogP contribution is 2.36. The Bertz CT molecular complexity index is 1120. The normalized spacial score (nSPS) is 13.2.